The normalized spacial score (nSPS) is 17.2. The molecule has 3 rings (SSSR count). The molecule has 1 unspecified atom stereocenters. The van der Waals surface area contributed by atoms with E-state index in [2.05, 4.69) is 10.5 Å². The second-order valence-electron chi connectivity index (χ2n) is 4.95. The van der Waals surface area contributed by atoms with Crippen LogP contribution in [0.1, 0.15) is 18.1 Å². The average molecular weight is 296 g/mol. The second-order valence-corrected chi connectivity index (χ2v) is 4.95. The van der Waals surface area contributed by atoms with E-state index in [0.29, 0.717) is 23.8 Å². The van der Waals surface area contributed by atoms with Gasteiger partial charge in [0.1, 0.15) is 12.4 Å². The number of oxime groups is 1. The Morgan fingerprint density at radius 1 is 1.14 bits per heavy atom. The molecule has 0 bridgehead atoms. The van der Waals surface area contributed by atoms with E-state index in [1.54, 1.807) is 6.92 Å². The smallest absolute Gasteiger partial charge is 0.269 e. The maximum Gasteiger partial charge on any atom is 0.269 e. The molecule has 1 amide bonds. The summed E-state index contributed by atoms with van der Waals surface area (Å²) in [7, 11) is 0. The van der Waals surface area contributed by atoms with E-state index in [1.807, 2.05) is 54.6 Å². The molecule has 0 aromatic heterocycles. The highest BCUT2D eigenvalue weighted by molar-refractivity contribution is 6.10. The van der Waals surface area contributed by atoms with Crippen molar-refractivity contribution in [3.63, 3.8) is 0 Å². The van der Waals surface area contributed by atoms with Gasteiger partial charge >= 0.3 is 0 Å². The molecule has 5 nitrogen and oxygen atoms in total. The van der Waals surface area contributed by atoms with Crippen molar-refractivity contribution < 1.29 is 14.4 Å². The Bertz CT molecular complexity index is 698. The van der Waals surface area contributed by atoms with Gasteiger partial charge < -0.3 is 14.9 Å². The number of para-hydroxylation sites is 1. The molecule has 0 saturated heterocycles. The Balaban J connectivity index is 1.80. The highest BCUT2D eigenvalue weighted by Gasteiger charge is 2.24. The van der Waals surface area contributed by atoms with Gasteiger partial charge in [-0.3, -0.25) is 4.79 Å². The molecule has 1 aliphatic heterocycles. The van der Waals surface area contributed by atoms with E-state index in [1.165, 1.54) is 0 Å². The van der Waals surface area contributed by atoms with Crippen molar-refractivity contribution in [3.05, 3.63) is 65.7 Å². The first-order valence-corrected chi connectivity index (χ1v) is 7.05. The van der Waals surface area contributed by atoms with Crippen LogP contribution < -0.4 is 10.1 Å². The van der Waals surface area contributed by atoms with Gasteiger partial charge in [-0.25, -0.2) is 0 Å². The van der Waals surface area contributed by atoms with Gasteiger partial charge in [0.25, 0.3) is 5.91 Å². The lowest BCUT2D eigenvalue weighted by molar-refractivity contribution is -0.131. The van der Waals surface area contributed by atoms with E-state index in [-0.39, 0.29) is 5.91 Å². The molecule has 2 aromatic rings. The first-order valence-electron chi connectivity index (χ1n) is 7.05. The summed E-state index contributed by atoms with van der Waals surface area (Å²) in [6.45, 7) is 2.09. The molecule has 22 heavy (non-hydrogen) atoms. The molecule has 0 aliphatic carbocycles. The van der Waals surface area contributed by atoms with E-state index in [0.717, 1.165) is 5.56 Å². The van der Waals surface area contributed by atoms with Crippen LogP contribution in [0.15, 0.2) is 59.8 Å². The average Bonchev–Trinajstić information content (AvgIpc) is 2.57. The van der Waals surface area contributed by atoms with Gasteiger partial charge in [-0.15, -0.1) is 0 Å². The van der Waals surface area contributed by atoms with Crippen molar-refractivity contribution in [1.29, 1.82) is 0 Å². The van der Waals surface area contributed by atoms with Gasteiger partial charge in [-0.05, 0) is 24.6 Å². The second kappa shape index (κ2) is 6.30. The van der Waals surface area contributed by atoms with Gasteiger partial charge in [0.05, 0.1) is 5.56 Å². The zero-order valence-electron chi connectivity index (χ0n) is 12.2. The quantitative estimate of drug-likeness (QED) is 0.943. The summed E-state index contributed by atoms with van der Waals surface area (Å²) in [5.74, 6) is 0.790. The van der Waals surface area contributed by atoms with E-state index < -0.39 is 6.10 Å². The highest BCUT2D eigenvalue weighted by Crippen LogP contribution is 2.21. The van der Waals surface area contributed by atoms with Gasteiger partial charge in [0, 0.05) is 0 Å². The number of benzene rings is 2. The third kappa shape index (κ3) is 3.09. The molecule has 0 saturated carbocycles. The fraction of sp³-hybridized carbons (Fsp3) is 0.176. The lowest BCUT2D eigenvalue weighted by Gasteiger charge is -2.19. The van der Waals surface area contributed by atoms with Crippen LogP contribution in [0.2, 0.25) is 0 Å². The van der Waals surface area contributed by atoms with Crippen LogP contribution >= 0.6 is 0 Å². The summed E-state index contributed by atoms with van der Waals surface area (Å²) in [5.41, 5.74) is 1.76. The highest BCUT2D eigenvalue weighted by atomic mass is 16.6. The molecule has 112 valence electrons. The third-order valence-electron chi connectivity index (χ3n) is 3.29. The molecule has 0 spiro atoms. The Hall–Kier alpha value is -2.82. The zero-order chi connectivity index (χ0) is 15.4. The molecule has 1 aliphatic rings. The Morgan fingerprint density at radius 2 is 1.86 bits per heavy atom. The van der Waals surface area contributed by atoms with Crippen LogP contribution in [-0.2, 0) is 16.2 Å². The van der Waals surface area contributed by atoms with Crippen LogP contribution in [0, 0.1) is 0 Å². The molecule has 5 heteroatoms. The van der Waals surface area contributed by atoms with Crippen LogP contribution in [0.4, 0.5) is 0 Å². The number of ether oxygens (including phenoxy) is 1. The fourth-order valence-corrected chi connectivity index (χ4v) is 2.06. The van der Waals surface area contributed by atoms with Gasteiger partial charge in [-0.1, -0.05) is 47.6 Å². The van der Waals surface area contributed by atoms with Crippen LogP contribution in [0.25, 0.3) is 0 Å². The molecular weight excluding hydrogens is 280 g/mol. The standard InChI is InChI=1S/C17H16N2O3/c1-12-17(20)18-16(19-22-12)14-9-5-6-10-15(14)21-11-13-7-3-2-4-8-13/h2-10,12H,11H2,1H3,(H,18,19,20). The van der Waals surface area contributed by atoms with Gasteiger partial charge in [0.15, 0.2) is 5.84 Å². The Morgan fingerprint density at radius 3 is 2.64 bits per heavy atom. The summed E-state index contributed by atoms with van der Waals surface area (Å²) in [6, 6.07) is 17.3. The predicted octanol–water partition coefficient (Wildman–Crippen LogP) is 2.46. The van der Waals surface area contributed by atoms with Crippen LogP contribution in [0.5, 0.6) is 5.75 Å². The van der Waals surface area contributed by atoms with E-state index >= 15 is 0 Å². The minimum absolute atomic E-state index is 0.220. The number of carbonyl (C=O) groups excluding carboxylic acids is 1. The molecule has 2 aromatic carbocycles. The first kappa shape index (κ1) is 14.1. The van der Waals surface area contributed by atoms with Crippen molar-refractivity contribution in [2.45, 2.75) is 19.6 Å². The lowest BCUT2D eigenvalue weighted by Crippen LogP contribution is -2.42. The van der Waals surface area contributed by atoms with Crippen LogP contribution in [-0.4, -0.2) is 17.8 Å². The van der Waals surface area contributed by atoms with Crippen molar-refractivity contribution in [1.82, 2.24) is 5.32 Å². The maximum absolute atomic E-state index is 11.7. The van der Waals surface area contributed by atoms with Crippen molar-refractivity contribution in [2.75, 3.05) is 0 Å². The number of hydrogen-bond acceptors (Lipinski definition) is 4. The number of nitrogens with zero attached hydrogens (tertiary/aromatic N) is 1. The Labute approximate surface area is 128 Å². The minimum Gasteiger partial charge on any atom is -0.488 e. The molecule has 1 N–H and O–H groups in total. The fourth-order valence-electron chi connectivity index (χ4n) is 2.06. The summed E-state index contributed by atoms with van der Waals surface area (Å²) in [6.07, 6.45) is -0.582. The third-order valence-corrected chi connectivity index (χ3v) is 3.29. The number of hydrogen-bond donors (Lipinski definition) is 1. The number of rotatable bonds is 4. The van der Waals surface area contributed by atoms with Crippen molar-refractivity contribution >= 4 is 11.7 Å². The van der Waals surface area contributed by atoms with Gasteiger partial charge in [0.2, 0.25) is 6.10 Å². The molecule has 1 atom stereocenters. The van der Waals surface area contributed by atoms with Crippen molar-refractivity contribution in [3.8, 4) is 5.75 Å². The number of amides is 1. The maximum atomic E-state index is 11.7. The molecule has 0 radical (unpaired) electrons. The summed E-state index contributed by atoms with van der Waals surface area (Å²) in [5, 5.41) is 6.68. The van der Waals surface area contributed by atoms with Gasteiger partial charge in [-0.2, -0.15) is 0 Å². The first-order chi connectivity index (χ1) is 10.7. The number of carbonyl (C=O) groups is 1. The Kier molecular flexibility index (Phi) is 4.05. The van der Waals surface area contributed by atoms with Crippen molar-refractivity contribution in [2.24, 2.45) is 5.16 Å². The lowest BCUT2D eigenvalue weighted by atomic mass is 10.1. The summed E-state index contributed by atoms with van der Waals surface area (Å²) >= 11 is 0. The van der Waals surface area contributed by atoms with E-state index in [4.69, 9.17) is 9.57 Å². The largest absolute Gasteiger partial charge is 0.488 e. The number of nitrogens with one attached hydrogen (secondary N) is 1. The summed E-state index contributed by atoms with van der Waals surface area (Å²) < 4.78 is 5.85. The number of amidine groups is 1. The molecule has 1 heterocycles. The zero-order valence-corrected chi connectivity index (χ0v) is 12.2. The predicted molar refractivity (Wildman–Crippen MR) is 82.4 cm³/mol. The minimum atomic E-state index is -0.582. The SMILES string of the molecule is CC1ON=C(c2ccccc2OCc2ccccc2)NC1=O. The van der Waals surface area contributed by atoms with E-state index in [9.17, 15) is 4.79 Å². The molecule has 0 fully saturated rings. The van der Waals surface area contributed by atoms with Crippen LogP contribution in [0.3, 0.4) is 0 Å². The molecular formula is C17H16N2O3. The monoisotopic (exact) mass is 296 g/mol. The summed E-state index contributed by atoms with van der Waals surface area (Å²) in [4.78, 5) is 16.8. The topological polar surface area (TPSA) is 59.9 Å².